The SMILES string of the molecule is N#Cc1ccc(S(=O)(=O)Nc2cccc(C=O)c2)c(Cl)c1. The van der Waals surface area contributed by atoms with Crippen LogP contribution in [0.4, 0.5) is 5.69 Å². The highest BCUT2D eigenvalue weighted by molar-refractivity contribution is 7.92. The first-order chi connectivity index (χ1) is 9.96. The predicted molar refractivity (Wildman–Crippen MR) is 78.8 cm³/mol. The molecular formula is C14H9ClN2O3S. The molecule has 2 aromatic rings. The molecule has 0 unspecified atom stereocenters. The van der Waals surface area contributed by atoms with Crippen molar-refractivity contribution in [1.29, 1.82) is 5.26 Å². The third-order valence-corrected chi connectivity index (χ3v) is 4.49. The molecule has 0 aliphatic heterocycles. The molecule has 0 aliphatic carbocycles. The molecule has 0 aromatic heterocycles. The number of carbonyl (C=O) groups excluding carboxylic acids is 1. The maximum atomic E-state index is 12.3. The Morgan fingerprint density at radius 1 is 1.19 bits per heavy atom. The van der Waals surface area contributed by atoms with E-state index in [0.717, 1.165) is 0 Å². The molecule has 0 radical (unpaired) electrons. The van der Waals surface area contributed by atoms with Gasteiger partial charge in [-0.15, -0.1) is 0 Å². The molecule has 0 saturated heterocycles. The van der Waals surface area contributed by atoms with Crippen LogP contribution in [0.2, 0.25) is 5.02 Å². The summed E-state index contributed by atoms with van der Waals surface area (Å²) in [5.74, 6) is 0. The first-order valence-corrected chi connectivity index (χ1v) is 7.60. The molecule has 0 bridgehead atoms. The van der Waals surface area contributed by atoms with Gasteiger partial charge in [-0.3, -0.25) is 9.52 Å². The van der Waals surface area contributed by atoms with Crippen molar-refractivity contribution in [1.82, 2.24) is 0 Å². The van der Waals surface area contributed by atoms with Crippen molar-refractivity contribution in [2.24, 2.45) is 0 Å². The summed E-state index contributed by atoms with van der Waals surface area (Å²) in [6.45, 7) is 0. The standard InChI is InChI=1S/C14H9ClN2O3S/c15-13-7-10(8-16)4-5-14(13)21(19,20)17-12-3-1-2-11(6-12)9-18/h1-7,9,17H. The summed E-state index contributed by atoms with van der Waals surface area (Å²) in [5.41, 5.74) is 0.864. The van der Waals surface area contributed by atoms with Gasteiger partial charge in [0, 0.05) is 11.3 Å². The molecule has 106 valence electrons. The average Bonchev–Trinajstić information content (AvgIpc) is 2.46. The van der Waals surface area contributed by atoms with Crippen molar-refractivity contribution in [2.45, 2.75) is 4.90 Å². The van der Waals surface area contributed by atoms with Crippen LogP contribution in [0.5, 0.6) is 0 Å². The maximum Gasteiger partial charge on any atom is 0.263 e. The fourth-order valence-electron chi connectivity index (χ4n) is 1.67. The lowest BCUT2D eigenvalue weighted by molar-refractivity contribution is 0.112. The lowest BCUT2D eigenvalue weighted by Crippen LogP contribution is -2.13. The van der Waals surface area contributed by atoms with E-state index in [1.165, 1.54) is 30.3 Å². The van der Waals surface area contributed by atoms with Gasteiger partial charge in [0.25, 0.3) is 10.0 Å². The van der Waals surface area contributed by atoms with Gasteiger partial charge in [0.05, 0.1) is 16.7 Å². The number of nitriles is 1. The van der Waals surface area contributed by atoms with E-state index in [1.807, 2.05) is 6.07 Å². The van der Waals surface area contributed by atoms with Gasteiger partial charge in [0.1, 0.15) is 11.2 Å². The summed E-state index contributed by atoms with van der Waals surface area (Å²) in [6.07, 6.45) is 0.618. The van der Waals surface area contributed by atoms with Crippen LogP contribution in [0.3, 0.4) is 0 Å². The van der Waals surface area contributed by atoms with Crippen LogP contribution < -0.4 is 4.72 Å². The molecule has 2 rings (SSSR count). The number of rotatable bonds is 4. The quantitative estimate of drug-likeness (QED) is 0.877. The number of hydrogen-bond acceptors (Lipinski definition) is 4. The van der Waals surface area contributed by atoms with E-state index in [4.69, 9.17) is 16.9 Å². The highest BCUT2D eigenvalue weighted by Gasteiger charge is 2.18. The molecule has 0 aliphatic rings. The number of carbonyl (C=O) groups is 1. The van der Waals surface area contributed by atoms with Gasteiger partial charge in [-0.25, -0.2) is 8.42 Å². The van der Waals surface area contributed by atoms with Crippen LogP contribution in [-0.4, -0.2) is 14.7 Å². The van der Waals surface area contributed by atoms with E-state index in [2.05, 4.69) is 4.72 Å². The molecule has 0 atom stereocenters. The minimum atomic E-state index is -3.90. The van der Waals surface area contributed by atoms with E-state index in [1.54, 1.807) is 12.1 Å². The molecule has 21 heavy (non-hydrogen) atoms. The smallest absolute Gasteiger partial charge is 0.263 e. The number of aldehydes is 1. The minimum Gasteiger partial charge on any atom is -0.298 e. The van der Waals surface area contributed by atoms with Crippen molar-refractivity contribution in [2.75, 3.05) is 4.72 Å². The Bertz CT molecular complexity index is 842. The Kier molecular flexibility index (Phi) is 4.26. The minimum absolute atomic E-state index is 0.0481. The normalized spacial score (nSPS) is 10.7. The van der Waals surface area contributed by atoms with E-state index in [-0.39, 0.29) is 21.2 Å². The van der Waals surface area contributed by atoms with Gasteiger partial charge in [-0.2, -0.15) is 5.26 Å². The first-order valence-electron chi connectivity index (χ1n) is 5.74. The van der Waals surface area contributed by atoms with Gasteiger partial charge in [0.2, 0.25) is 0 Å². The lowest BCUT2D eigenvalue weighted by atomic mass is 10.2. The van der Waals surface area contributed by atoms with Gasteiger partial charge in [0.15, 0.2) is 0 Å². The van der Waals surface area contributed by atoms with E-state index in [9.17, 15) is 13.2 Å². The Balaban J connectivity index is 2.38. The summed E-state index contributed by atoms with van der Waals surface area (Å²) in [5, 5.41) is 8.69. The Hall–Kier alpha value is -2.36. The van der Waals surface area contributed by atoms with Crippen molar-refractivity contribution in [3.63, 3.8) is 0 Å². The van der Waals surface area contributed by atoms with Gasteiger partial charge >= 0.3 is 0 Å². The van der Waals surface area contributed by atoms with Crippen LogP contribution >= 0.6 is 11.6 Å². The average molecular weight is 321 g/mol. The van der Waals surface area contributed by atoms with Gasteiger partial charge < -0.3 is 0 Å². The summed E-state index contributed by atoms with van der Waals surface area (Å²) < 4.78 is 26.8. The molecule has 7 heteroatoms. The number of nitrogens with one attached hydrogen (secondary N) is 1. The first kappa shape index (κ1) is 15.0. The highest BCUT2D eigenvalue weighted by Crippen LogP contribution is 2.25. The van der Waals surface area contributed by atoms with E-state index < -0.39 is 10.0 Å². The van der Waals surface area contributed by atoms with Crippen LogP contribution in [0.1, 0.15) is 15.9 Å². The van der Waals surface area contributed by atoms with Crippen LogP contribution in [0.15, 0.2) is 47.4 Å². The van der Waals surface area contributed by atoms with Crippen molar-refractivity contribution >= 4 is 33.6 Å². The summed E-state index contributed by atoms with van der Waals surface area (Å²) in [4.78, 5) is 10.6. The molecule has 1 N–H and O–H groups in total. The Morgan fingerprint density at radius 2 is 1.95 bits per heavy atom. The number of anilines is 1. The zero-order valence-electron chi connectivity index (χ0n) is 10.6. The number of hydrogen-bond donors (Lipinski definition) is 1. The molecule has 5 nitrogen and oxygen atoms in total. The summed E-state index contributed by atoms with van der Waals surface area (Å²) in [7, 11) is -3.90. The lowest BCUT2D eigenvalue weighted by Gasteiger charge is -2.10. The number of nitrogens with zero attached hydrogens (tertiary/aromatic N) is 1. The monoisotopic (exact) mass is 320 g/mol. The number of sulfonamides is 1. The number of benzene rings is 2. The second-order valence-electron chi connectivity index (χ2n) is 4.11. The third-order valence-electron chi connectivity index (χ3n) is 2.63. The largest absolute Gasteiger partial charge is 0.298 e. The van der Waals surface area contributed by atoms with Gasteiger partial charge in [-0.1, -0.05) is 23.7 Å². The van der Waals surface area contributed by atoms with Crippen LogP contribution in [-0.2, 0) is 10.0 Å². The molecular weight excluding hydrogens is 312 g/mol. The van der Waals surface area contributed by atoms with Crippen molar-refractivity contribution in [3.8, 4) is 6.07 Å². The number of halogens is 1. The zero-order chi connectivity index (χ0) is 15.5. The van der Waals surface area contributed by atoms with Crippen molar-refractivity contribution < 1.29 is 13.2 Å². The second-order valence-corrected chi connectivity index (χ2v) is 6.16. The second kappa shape index (κ2) is 5.95. The third kappa shape index (κ3) is 3.40. The molecule has 0 saturated carbocycles. The molecule has 0 amide bonds. The fourth-order valence-corrected chi connectivity index (χ4v) is 3.27. The molecule has 2 aromatic carbocycles. The molecule has 0 fully saturated rings. The maximum absolute atomic E-state index is 12.3. The summed E-state index contributed by atoms with van der Waals surface area (Å²) >= 11 is 5.89. The highest BCUT2D eigenvalue weighted by atomic mass is 35.5. The fraction of sp³-hybridized carbons (Fsp3) is 0. The Labute approximate surface area is 126 Å². The van der Waals surface area contributed by atoms with Crippen molar-refractivity contribution in [3.05, 3.63) is 58.6 Å². The zero-order valence-corrected chi connectivity index (χ0v) is 12.1. The van der Waals surface area contributed by atoms with Crippen LogP contribution in [0.25, 0.3) is 0 Å². The summed E-state index contributed by atoms with van der Waals surface area (Å²) in [6, 6.07) is 11.8. The predicted octanol–water partition coefficient (Wildman–Crippen LogP) is 2.82. The Morgan fingerprint density at radius 3 is 2.57 bits per heavy atom. The molecule has 0 heterocycles. The van der Waals surface area contributed by atoms with E-state index in [0.29, 0.717) is 11.8 Å². The molecule has 0 spiro atoms. The van der Waals surface area contributed by atoms with Gasteiger partial charge in [-0.05, 0) is 30.3 Å². The van der Waals surface area contributed by atoms with Crippen LogP contribution in [0, 0.1) is 11.3 Å². The topological polar surface area (TPSA) is 87.0 Å². The van der Waals surface area contributed by atoms with E-state index >= 15 is 0 Å².